The summed E-state index contributed by atoms with van der Waals surface area (Å²) < 4.78 is 6.83. The zero-order valence-corrected chi connectivity index (χ0v) is 19.0. The Bertz CT molecular complexity index is 1070. The predicted octanol–water partition coefficient (Wildman–Crippen LogP) is 4.95. The van der Waals surface area contributed by atoms with Crippen LogP contribution in [0.4, 0.5) is 0 Å². The number of ether oxygens (including phenoxy) is 1. The Morgan fingerprint density at radius 3 is 2.52 bits per heavy atom. The normalized spacial score (nSPS) is 12.0. The number of fused-ring (bicyclic) bond motifs is 1. The molecule has 1 amide bonds. The first kappa shape index (κ1) is 23.1. The van der Waals surface area contributed by atoms with Crippen LogP contribution < -0.4 is 5.32 Å². The summed E-state index contributed by atoms with van der Waals surface area (Å²) in [6, 6.07) is 12.8. The van der Waals surface area contributed by atoms with Crippen molar-refractivity contribution < 1.29 is 14.3 Å². The third-order valence-electron chi connectivity index (χ3n) is 4.90. The van der Waals surface area contributed by atoms with E-state index in [-0.39, 0.29) is 19.1 Å². The zero-order valence-electron chi connectivity index (χ0n) is 17.5. The average Bonchev–Trinajstić information content (AvgIpc) is 3.07. The van der Waals surface area contributed by atoms with Gasteiger partial charge in [-0.2, -0.15) is 0 Å². The smallest absolute Gasteiger partial charge is 0.325 e. The van der Waals surface area contributed by atoms with Crippen LogP contribution in [0.5, 0.6) is 0 Å². The van der Waals surface area contributed by atoms with Crippen molar-refractivity contribution in [3.8, 4) is 0 Å². The molecule has 0 spiro atoms. The van der Waals surface area contributed by atoms with Crippen molar-refractivity contribution in [3.63, 3.8) is 0 Å². The Kier molecular flexibility index (Phi) is 7.93. The average molecular weight is 462 g/mol. The van der Waals surface area contributed by atoms with Crippen molar-refractivity contribution in [1.29, 1.82) is 0 Å². The predicted molar refractivity (Wildman–Crippen MR) is 123 cm³/mol. The van der Waals surface area contributed by atoms with Gasteiger partial charge >= 0.3 is 5.97 Å². The van der Waals surface area contributed by atoms with Gasteiger partial charge in [0.2, 0.25) is 5.91 Å². The van der Waals surface area contributed by atoms with E-state index in [9.17, 15) is 9.59 Å². The number of carbonyl (C=O) groups is 2. The van der Waals surface area contributed by atoms with Crippen LogP contribution in [0.1, 0.15) is 44.1 Å². The quantitative estimate of drug-likeness (QED) is 0.457. The molecule has 0 aliphatic heterocycles. The first-order valence-corrected chi connectivity index (χ1v) is 11.0. The summed E-state index contributed by atoms with van der Waals surface area (Å²) >= 11 is 12.5. The molecular weight excluding hydrogens is 437 g/mol. The number of benzene rings is 2. The molecule has 1 aromatic heterocycles. The van der Waals surface area contributed by atoms with E-state index in [0.29, 0.717) is 28.4 Å². The summed E-state index contributed by atoms with van der Waals surface area (Å²) in [4.78, 5) is 29.6. The molecule has 3 rings (SSSR count). The first-order chi connectivity index (χ1) is 14.9. The number of imidazole rings is 1. The van der Waals surface area contributed by atoms with Crippen molar-refractivity contribution in [1.82, 2.24) is 14.9 Å². The summed E-state index contributed by atoms with van der Waals surface area (Å²) in [5, 5.41) is 3.50. The van der Waals surface area contributed by atoms with Gasteiger partial charge < -0.3 is 14.6 Å². The minimum Gasteiger partial charge on any atom is -0.465 e. The maximum Gasteiger partial charge on any atom is 0.325 e. The Morgan fingerprint density at radius 2 is 1.84 bits per heavy atom. The molecule has 0 aliphatic rings. The van der Waals surface area contributed by atoms with Crippen LogP contribution in [0.2, 0.25) is 10.0 Å². The van der Waals surface area contributed by atoms with Gasteiger partial charge in [0, 0.05) is 6.42 Å². The van der Waals surface area contributed by atoms with Gasteiger partial charge in [0.25, 0.3) is 0 Å². The highest BCUT2D eigenvalue weighted by atomic mass is 35.5. The van der Waals surface area contributed by atoms with Crippen molar-refractivity contribution in [2.45, 2.75) is 39.2 Å². The van der Waals surface area contributed by atoms with E-state index in [1.54, 1.807) is 19.1 Å². The van der Waals surface area contributed by atoms with Crippen molar-refractivity contribution in [3.05, 3.63) is 63.9 Å². The number of esters is 1. The van der Waals surface area contributed by atoms with E-state index in [2.05, 4.69) is 5.32 Å². The highest BCUT2D eigenvalue weighted by Gasteiger charge is 2.26. The van der Waals surface area contributed by atoms with Crippen LogP contribution in [-0.4, -0.2) is 34.6 Å². The summed E-state index contributed by atoms with van der Waals surface area (Å²) in [6.45, 7) is 3.81. The number of halogens is 2. The lowest BCUT2D eigenvalue weighted by molar-refractivity contribution is -0.143. The molecule has 0 fully saturated rings. The number of hydrogen-bond acceptors (Lipinski definition) is 4. The third-order valence-corrected chi connectivity index (χ3v) is 5.62. The number of nitrogens with zero attached hydrogens (tertiary/aromatic N) is 2. The molecule has 164 valence electrons. The second kappa shape index (κ2) is 10.6. The van der Waals surface area contributed by atoms with E-state index in [1.807, 2.05) is 41.8 Å². The molecule has 1 heterocycles. The minimum absolute atomic E-state index is 0.180. The topological polar surface area (TPSA) is 73.2 Å². The molecule has 2 aromatic carbocycles. The van der Waals surface area contributed by atoms with E-state index in [0.717, 1.165) is 23.3 Å². The van der Waals surface area contributed by atoms with Crippen LogP contribution in [0.25, 0.3) is 11.0 Å². The molecule has 0 aliphatic carbocycles. The van der Waals surface area contributed by atoms with Crippen LogP contribution in [0.15, 0.2) is 42.5 Å². The lowest BCUT2D eigenvalue weighted by atomic mass is 10.1. The number of carbonyl (C=O) groups excluding carboxylic acids is 2. The number of amides is 1. The Hall–Kier alpha value is -2.57. The third kappa shape index (κ3) is 5.57. The molecule has 1 N–H and O–H groups in total. The Morgan fingerprint density at radius 1 is 1.13 bits per heavy atom. The van der Waals surface area contributed by atoms with Crippen LogP contribution in [-0.2, 0) is 20.7 Å². The van der Waals surface area contributed by atoms with Crippen LogP contribution in [0.3, 0.4) is 0 Å². The van der Waals surface area contributed by atoms with Crippen LogP contribution >= 0.6 is 23.2 Å². The van der Waals surface area contributed by atoms with Gasteiger partial charge in [-0.05, 0) is 31.0 Å². The van der Waals surface area contributed by atoms with Crippen LogP contribution in [0, 0.1) is 0 Å². The van der Waals surface area contributed by atoms with Gasteiger partial charge in [-0.3, -0.25) is 9.59 Å². The standard InChI is InChI=1S/C23H25Cl2N3O3/c1-3-8-19(23(30)26-14-22(29)31-4-2)28-20-13-17(25)16(24)12-18(20)27-21(28)11-15-9-6-5-7-10-15/h5-7,9-10,12-13,19H,3-4,8,11,14H2,1-2H3,(H,26,30). The molecule has 0 radical (unpaired) electrons. The van der Waals surface area contributed by atoms with Crippen molar-refractivity contribution >= 4 is 46.1 Å². The summed E-state index contributed by atoms with van der Waals surface area (Å²) in [6.07, 6.45) is 1.88. The molecule has 0 bridgehead atoms. The highest BCUT2D eigenvalue weighted by molar-refractivity contribution is 6.42. The SMILES string of the molecule is CCCC(C(=O)NCC(=O)OCC)n1c(Cc2ccccc2)nc2cc(Cl)c(Cl)cc21. The minimum atomic E-state index is -0.555. The molecule has 1 atom stereocenters. The molecule has 0 saturated heterocycles. The van der Waals surface area contributed by atoms with E-state index < -0.39 is 12.0 Å². The second-order valence-electron chi connectivity index (χ2n) is 7.14. The van der Waals surface area contributed by atoms with Gasteiger partial charge in [-0.15, -0.1) is 0 Å². The monoisotopic (exact) mass is 461 g/mol. The summed E-state index contributed by atoms with van der Waals surface area (Å²) in [5.41, 5.74) is 2.46. The molecule has 1 unspecified atom stereocenters. The Balaban J connectivity index is 2.04. The number of aromatic nitrogens is 2. The lowest BCUT2D eigenvalue weighted by Gasteiger charge is -2.21. The number of rotatable bonds is 9. The molecular formula is C23H25Cl2N3O3. The van der Waals surface area contributed by atoms with E-state index >= 15 is 0 Å². The van der Waals surface area contributed by atoms with Gasteiger partial charge in [-0.25, -0.2) is 4.98 Å². The molecule has 8 heteroatoms. The fraction of sp³-hybridized carbons (Fsp3) is 0.348. The fourth-order valence-electron chi connectivity index (χ4n) is 3.53. The van der Waals surface area contributed by atoms with Gasteiger partial charge in [0.1, 0.15) is 18.4 Å². The molecule has 31 heavy (non-hydrogen) atoms. The lowest BCUT2D eigenvalue weighted by Crippen LogP contribution is -2.37. The van der Waals surface area contributed by atoms with Crippen molar-refractivity contribution in [2.75, 3.05) is 13.2 Å². The molecule has 3 aromatic rings. The largest absolute Gasteiger partial charge is 0.465 e. The highest BCUT2D eigenvalue weighted by Crippen LogP contribution is 2.32. The van der Waals surface area contributed by atoms with Gasteiger partial charge in [0.15, 0.2) is 0 Å². The van der Waals surface area contributed by atoms with E-state index in [1.165, 1.54) is 0 Å². The second-order valence-corrected chi connectivity index (χ2v) is 7.96. The number of hydrogen-bond donors (Lipinski definition) is 1. The first-order valence-electron chi connectivity index (χ1n) is 10.3. The molecule has 6 nitrogen and oxygen atoms in total. The molecule has 0 saturated carbocycles. The summed E-state index contributed by atoms with van der Waals surface area (Å²) in [5.74, 6) is -0.0141. The maximum atomic E-state index is 13.1. The fourth-order valence-corrected chi connectivity index (χ4v) is 3.85. The number of nitrogens with one attached hydrogen (secondary N) is 1. The zero-order chi connectivity index (χ0) is 22.4. The summed E-state index contributed by atoms with van der Waals surface area (Å²) in [7, 11) is 0. The van der Waals surface area contributed by atoms with Gasteiger partial charge in [0.05, 0.1) is 27.7 Å². The van der Waals surface area contributed by atoms with Gasteiger partial charge in [-0.1, -0.05) is 66.9 Å². The maximum absolute atomic E-state index is 13.1. The Labute approximate surface area is 191 Å². The van der Waals surface area contributed by atoms with E-state index in [4.69, 9.17) is 32.9 Å². The van der Waals surface area contributed by atoms with Crippen molar-refractivity contribution in [2.24, 2.45) is 0 Å².